The molecule has 0 amide bonds. The van der Waals surface area contributed by atoms with Crippen molar-refractivity contribution in [3.05, 3.63) is 0 Å². The van der Waals surface area contributed by atoms with Gasteiger partial charge in [-0.05, 0) is 32.1 Å². The van der Waals surface area contributed by atoms with Crippen LogP contribution in [-0.2, 0) is 14.8 Å². The van der Waals surface area contributed by atoms with Crippen LogP contribution in [0.3, 0.4) is 0 Å². The van der Waals surface area contributed by atoms with Crippen molar-refractivity contribution in [3.63, 3.8) is 0 Å². The number of carbonyl (C=O) groups is 1. The third-order valence-corrected chi connectivity index (χ3v) is 6.90. The second-order valence-corrected chi connectivity index (χ2v) is 7.45. The highest BCUT2D eigenvalue weighted by Crippen LogP contribution is 2.39. The van der Waals surface area contributed by atoms with E-state index in [-0.39, 0.29) is 5.25 Å². The zero-order valence-corrected chi connectivity index (χ0v) is 11.6. The van der Waals surface area contributed by atoms with Crippen LogP contribution in [0.25, 0.3) is 0 Å². The molecule has 6 heteroatoms. The Morgan fingerprint density at radius 3 is 2.44 bits per heavy atom. The van der Waals surface area contributed by atoms with Crippen molar-refractivity contribution in [2.24, 2.45) is 0 Å². The maximum atomic E-state index is 12.6. The van der Waals surface area contributed by atoms with Crippen molar-refractivity contribution in [1.82, 2.24) is 4.31 Å². The first-order valence-electron chi connectivity index (χ1n) is 6.70. The smallest absolute Gasteiger partial charge is 0.325 e. The van der Waals surface area contributed by atoms with E-state index in [9.17, 15) is 18.3 Å². The van der Waals surface area contributed by atoms with Crippen LogP contribution in [0.15, 0.2) is 0 Å². The Bertz CT molecular complexity index is 427. The van der Waals surface area contributed by atoms with Crippen molar-refractivity contribution >= 4 is 16.0 Å². The number of hydrogen-bond donors (Lipinski definition) is 1. The van der Waals surface area contributed by atoms with Crippen molar-refractivity contribution in [2.75, 3.05) is 6.54 Å². The molecule has 0 aromatic heterocycles. The predicted molar refractivity (Wildman–Crippen MR) is 67.8 cm³/mol. The summed E-state index contributed by atoms with van der Waals surface area (Å²) in [6.45, 7) is 2.12. The van der Waals surface area contributed by atoms with E-state index in [0.29, 0.717) is 38.6 Å². The van der Waals surface area contributed by atoms with E-state index < -0.39 is 21.5 Å². The molecule has 1 saturated heterocycles. The number of carboxylic acid groups (broad SMARTS) is 1. The molecule has 0 bridgehead atoms. The maximum Gasteiger partial charge on any atom is 0.325 e. The largest absolute Gasteiger partial charge is 0.480 e. The number of sulfonamides is 1. The number of nitrogens with zero attached hydrogens (tertiary/aromatic N) is 1. The summed E-state index contributed by atoms with van der Waals surface area (Å²) in [4.78, 5) is 11.5. The highest BCUT2D eigenvalue weighted by Gasteiger charge is 2.53. The molecule has 1 aliphatic carbocycles. The summed E-state index contributed by atoms with van der Waals surface area (Å²) < 4.78 is 26.4. The van der Waals surface area contributed by atoms with Gasteiger partial charge in [-0.15, -0.1) is 0 Å². The fourth-order valence-electron chi connectivity index (χ4n) is 3.31. The van der Waals surface area contributed by atoms with Gasteiger partial charge in [0.1, 0.15) is 5.54 Å². The van der Waals surface area contributed by atoms with Gasteiger partial charge in [0.25, 0.3) is 0 Å². The lowest BCUT2D eigenvalue weighted by atomic mass is 9.95. The average Bonchev–Trinajstić information content (AvgIpc) is 2.99. The van der Waals surface area contributed by atoms with Crippen molar-refractivity contribution in [3.8, 4) is 0 Å². The van der Waals surface area contributed by atoms with E-state index in [2.05, 4.69) is 0 Å². The van der Waals surface area contributed by atoms with E-state index in [0.717, 1.165) is 12.8 Å². The van der Waals surface area contributed by atoms with Gasteiger partial charge in [-0.25, -0.2) is 8.42 Å². The molecular weight excluding hydrogens is 254 g/mol. The summed E-state index contributed by atoms with van der Waals surface area (Å²) in [6, 6.07) is 0. The molecule has 2 aliphatic rings. The van der Waals surface area contributed by atoms with Crippen LogP contribution >= 0.6 is 0 Å². The van der Waals surface area contributed by atoms with E-state index in [4.69, 9.17) is 0 Å². The van der Waals surface area contributed by atoms with Crippen LogP contribution in [0.1, 0.15) is 51.9 Å². The van der Waals surface area contributed by atoms with Gasteiger partial charge < -0.3 is 5.11 Å². The van der Waals surface area contributed by atoms with Crippen LogP contribution in [0, 0.1) is 0 Å². The van der Waals surface area contributed by atoms with Gasteiger partial charge in [0.05, 0.1) is 5.25 Å². The number of hydrogen-bond acceptors (Lipinski definition) is 3. The lowest BCUT2D eigenvalue weighted by Crippen LogP contribution is -2.54. The van der Waals surface area contributed by atoms with E-state index in [1.807, 2.05) is 0 Å². The first-order chi connectivity index (χ1) is 8.45. The summed E-state index contributed by atoms with van der Waals surface area (Å²) in [6.07, 6.45) is 4.65. The zero-order chi connectivity index (χ0) is 13.4. The standard InChI is InChI=1S/C12H21NO4S/c1-2-12(11(14)15)8-5-9-13(12)18(16,17)10-6-3-4-7-10/h10H,2-9H2,1H3,(H,14,15). The van der Waals surface area contributed by atoms with Crippen molar-refractivity contribution < 1.29 is 18.3 Å². The first kappa shape index (κ1) is 13.8. The highest BCUT2D eigenvalue weighted by molar-refractivity contribution is 7.89. The van der Waals surface area contributed by atoms with Crippen LogP contribution in [-0.4, -0.2) is 41.1 Å². The van der Waals surface area contributed by atoms with Gasteiger partial charge in [-0.3, -0.25) is 4.79 Å². The topological polar surface area (TPSA) is 74.7 Å². The highest BCUT2D eigenvalue weighted by atomic mass is 32.2. The molecule has 1 atom stereocenters. The van der Waals surface area contributed by atoms with E-state index in [1.165, 1.54) is 4.31 Å². The Balaban J connectivity index is 2.33. The summed E-state index contributed by atoms with van der Waals surface area (Å²) >= 11 is 0. The molecule has 0 aromatic carbocycles. The average molecular weight is 275 g/mol. The minimum absolute atomic E-state index is 0.342. The van der Waals surface area contributed by atoms with Gasteiger partial charge in [0, 0.05) is 6.54 Å². The molecule has 2 rings (SSSR count). The van der Waals surface area contributed by atoms with Gasteiger partial charge in [0.15, 0.2) is 0 Å². The third-order valence-electron chi connectivity index (χ3n) is 4.44. The normalized spacial score (nSPS) is 30.9. The molecule has 1 N–H and O–H groups in total. The Morgan fingerprint density at radius 2 is 1.94 bits per heavy atom. The molecule has 2 fully saturated rings. The molecule has 1 aliphatic heterocycles. The molecule has 0 aromatic rings. The lowest BCUT2D eigenvalue weighted by Gasteiger charge is -2.34. The number of aliphatic carboxylic acids is 1. The molecule has 0 radical (unpaired) electrons. The monoisotopic (exact) mass is 275 g/mol. The van der Waals surface area contributed by atoms with E-state index in [1.54, 1.807) is 6.92 Å². The fraction of sp³-hybridized carbons (Fsp3) is 0.917. The number of rotatable bonds is 4. The minimum atomic E-state index is -3.45. The Morgan fingerprint density at radius 1 is 1.33 bits per heavy atom. The van der Waals surface area contributed by atoms with Gasteiger partial charge in [-0.2, -0.15) is 4.31 Å². The summed E-state index contributed by atoms with van der Waals surface area (Å²) in [5, 5.41) is 9.07. The second-order valence-electron chi connectivity index (χ2n) is 5.32. The molecule has 0 spiro atoms. The molecule has 1 saturated carbocycles. The van der Waals surface area contributed by atoms with Gasteiger partial charge in [-0.1, -0.05) is 19.8 Å². The summed E-state index contributed by atoms with van der Waals surface area (Å²) in [7, 11) is -3.45. The molecular formula is C12H21NO4S. The number of carboxylic acids is 1. The van der Waals surface area contributed by atoms with Crippen molar-refractivity contribution in [2.45, 2.75) is 62.7 Å². The van der Waals surface area contributed by atoms with Crippen LogP contribution in [0.2, 0.25) is 0 Å². The fourth-order valence-corrected chi connectivity index (χ4v) is 5.77. The van der Waals surface area contributed by atoms with E-state index >= 15 is 0 Å². The third kappa shape index (κ3) is 1.95. The lowest BCUT2D eigenvalue weighted by molar-refractivity contribution is -0.147. The SMILES string of the molecule is CCC1(C(=O)O)CCCN1S(=O)(=O)C1CCCC1. The van der Waals surface area contributed by atoms with Crippen LogP contribution < -0.4 is 0 Å². The summed E-state index contributed by atoms with van der Waals surface area (Å²) in [5.41, 5.74) is -1.19. The first-order valence-corrected chi connectivity index (χ1v) is 8.20. The van der Waals surface area contributed by atoms with Crippen LogP contribution in [0.4, 0.5) is 0 Å². The molecule has 1 heterocycles. The molecule has 1 unspecified atom stereocenters. The maximum absolute atomic E-state index is 12.6. The molecule has 18 heavy (non-hydrogen) atoms. The Hall–Kier alpha value is -0.620. The molecule has 5 nitrogen and oxygen atoms in total. The zero-order valence-electron chi connectivity index (χ0n) is 10.8. The minimum Gasteiger partial charge on any atom is -0.480 e. The van der Waals surface area contributed by atoms with Crippen molar-refractivity contribution in [1.29, 1.82) is 0 Å². The molecule has 104 valence electrons. The second kappa shape index (κ2) is 4.81. The Kier molecular flexibility index (Phi) is 3.69. The van der Waals surface area contributed by atoms with Gasteiger partial charge in [0.2, 0.25) is 10.0 Å². The van der Waals surface area contributed by atoms with Crippen LogP contribution in [0.5, 0.6) is 0 Å². The summed E-state index contributed by atoms with van der Waals surface area (Å²) in [5.74, 6) is -0.996. The Labute approximate surface area is 108 Å². The van der Waals surface area contributed by atoms with Gasteiger partial charge >= 0.3 is 5.97 Å². The quantitative estimate of drug-likeness (QED) is 0.845. The predicted octanol–water partition coefficient (Wildman–Crippen LogP) is 1.59.